The summed E-state index contributed by atoms with van der Waals surface area (Å²) in [5, 5.41) is 0. The van der Waals surface area contributed by atoms with Gasteiger partial charge < -0.3 is 9.64 Å². The standard InChI is InChI=1S/C20H30N2O2S/c1-24-13-5-10-22-16-20(14-19(22)23)8-11-21(12-9-20)15-17-6-3-4-7-18(17)25-2/h3-4,6-7H,5,8-16H2,1-2H3. The van der Waals surface area contributed by atoms with E-state index in [1.807, 2.05) is 11.8 Å². The first-order valence-electron chi connectivity index (χ1n) is 9.27. The Morgan fingerprint density at radius 3 is 2.72 bits per heavy atom. The van der Waals surface area contributed by atoms with Gasteiger partial charge in [0.25, 0.3) is 0 Å². The molecule has 0 N–H and O–H groups in total. The first-order chi connectivity index (χ1) is 12.2. The molecule has 2 saturated heterocycles. The van der Waals surface area contributed by atoms with Crippen molar-refractivity contribution in [3.8, 4) is 0 Å². The van der Waals surface area contributed by atoms with Crippen molar-refractivity contribution in [2.45, 2.75) is 37.1 Å². The van der Waals surface area contributed by atoms with Crippen molar-refractivity contribution < 1.29 is 9.53 Å². The van der Waals surface area contributed by atoms with Crippen molar-refractivity contribution in [3.63, 3.8) is 0 Å². The molecule has 0 unspecified atom stereocenters. The predicted octanol–water partition coefficient (Wildman–Crippen LogP) is 3.26. The fraction of sp³-hybridized carbons (Fsp3) is 0.650. The van der Waals surface area contributed by atoms with Gasteiger partial charge in [0.05, 0.1) is 0 Å². The molecule has 0 aromatic heterocycles. The first kappa shape index (κ1) is 18.7. The molecule has 2 aliphatic heterocycles. The highest BCUT2D eigenvalue weighted by molar-refractivity contribution is 7.98. The van der Waals surface area contributed by atoms with Crippen LogP contribution in [0, 0.1) is 5.41 Å². The maximum absolute atomic E-state index is 12.4. The molecule has 2 heterocycles. The van der Waals surface area contributed by atoms with Crippen molar-refractivity contribution in [2.75, 3.05) is 46.2 Å². The van der Waals surface area contributed by atoms with Crippen molar-refractivity contribution in [3.05, 3.63) is 29.8 Å². The van der Waals surface area contributed by atoms with E-state index in [0.29, 0.717) is 5.91 Å². The van der Waals surface area contributed by atoms with E-state index in [1.54, 1.807) is 7.11 Å². The third kappa shape index (κ3) is 4.57. The Hall–Kier alpha value is -1.04. The first-order valence-corrected chi connectivity index (χ1v) is 10.5. The number of piperidine rings is 1. The molecule has 2 fully saturated rings. The summed E-state index contributed by atoms with van der Waals surface area (Å²) in [6.45, 7) is 5.76. The summed E-state index contributed by atoms with van der Waals surface area (Å²) in [6.07, 6.45) is 6.11. The molecule has 1 aromatic carbocycles. The number of carbonyl (C=O) groups is 1. The number of thioether (sulfide) groups is 1. The van der Waals surface area contributed by atoms with Crippen LogP contribution < -0.4 is 0 Å². The van der Waals surface area contributed by atoms with Gasteiger partial charge in [-0.1, -0.05) is 18.2 Å². The minimum absolute atomic E-state index is 0.222. The number of hydrogen-bond donors (Lipinski definition) is 0. The summed E-state index contributed by atoms with van der Waals surface area (Å²) >= 11 is 1.82. The summed E-state index contributed by atoms with van der Waals surface area (Å²) in [7, 11) is 1.72. The summed E-state index contributed by atoms with van der Waals surface area (Å²) in [5.41, 5.74) is 1.65. The predicted molar refractivity (Wildman–Crippen MR) is 103 cm³/mol. The van der Waals surface area contributed by atoms with Crippen LogP contribution in [0.2, 0.25) is 0 Å². The topological polar surface area (TPSA) is 32.8 Å². The highest BCUT2D eigenvalue weighted by Crippen LogP contribution is 2.41. The van der Waals surface area contributed by atoms with Gasteiger partial charge in [-0.2, -0.15) is 0 Å². The SMILES string of the molecule is COCCCN1CC2(CCN(Cc3ccccc3SC)CC2)CC1=O. The van der Waals surface area contributed by atoms with E-state index < -0.39 is 0 Å². The third-order valence-electron chi connectivity index (χ3n) is 5.68. The highest BCUT2D eigenvalue weighted by atomic mass is 32.2. The number of carbonyl (C=O) groups excluding carboxylic acids is 1. The Balaban J connectivity index is 1.52. The van der Waals surface area contributed by atoms with Crippen molar-refractivity contribution in [2.24, 2.45) is 5.41 Å². The Morgan fingerprint density at radius 1 is 1.24 bits per heavy atom. The van der Waals surface area contributed by atoms with Gasteiger partial charge in [0.15, 0.2) is 0 Å². The van der Waals surface area contributed by atoms with Crippen LogP contribution in [0.1, 0.15) is 31.2 Å². The Kier molecular flexibility index (Phi) is 6.42. The van der Waals surface area contributed by atoms with Crippen LogP contribution in [0.3, 0.4) is 0 Å². The fourth-order valence-corrected chi connectivity index (χ4v) is 4.79. The Bertz CT molecular complexity index is 585. The molecular weight excluding hydrogens is 332 g/mol. The molecule has 1 amide bonds. The lowest BCUT2D eigenvalue weighted by atomic mass is 9.77. The van der Waals surface area contributed by atoms with Crippen LogP contribution >= 0.6 is 11.8 Å². The summed E-state index contributed by atoms with van der Waals surface area (Å²) < 4.78 is 5.12. The zero-order valence-corrected chi connectivity index (χ0v) is 16.3. The van der Waals surface area contributed by atoms with Crippen molar-refractivity contribution in [1.29, 1.82) is 0 Å². The van der Waals surface area contributed by atoms with Crippen LogP contribution in [0.25, 0.3) is 0 Å². The number of likely N-dealkylation sites (tertiary alicyclic amines) is 2. The van der Waals surface area contributed by atoms with E-state index in [0.717, 1.165) is 65.0 Å². The maximum Gasteiger partial charge on any atom is 0.223 e. The smallest absolute Gasteiger partial charge is 0.223 e. The Morgan fingerprint density at radius 2 is 2.00 bits per heavy atom. The number of amides is 1. The number of rotatable bonds is 7. The van der Waals surface area contributed by atoms with Crippen molar-refractivity contribution in [1.82, 2.24) is 9.80 Å². The van der Waals surface area contributed by atoms with Crippen LogP contribution in [0.5, 0.6) is 0 Å². The van der Waals surface area contributed by atoms with Gasteiger partial charge in [0.1, 0.15) is 0 Å². The monoisotopic (exact) mass is 362 g/mol. The molecule has 0 bridgehead atoms. The average molecular weight is 363 g/mol. The molecular formula is C20H30N2O2S. The van der Waals surface area contributed by atoms with E-state index in [9.17, 15) is 4.79 Å². The van der Waals surface area contributed by atoms with Gasteiger partial charge in [-0.25, -0.2) is 0 Å². The number of benzene rings is 1. The second-order valence-electron chi connectivity index (χ2n) is 7.43. The van der Waals surface area contributed by atoms with Gasteiger partial charge in [-0.05, 0) is 55.7 Å². The van der Waals surface area contributed by atoms with Gasteiger partial charge in [0, 0.05) is 44.7 Å². The zero-order chi connectivity index (χ0) is 17.7. The highest BCUT2D eigenvalue weighted by Gasteiger charge is 2.44. The maximum atomic E-state index is 12.4. The van der Waals surface area contributed by atoms with Gasteiger partial charge in [0.2, 0.25) is 5.91 Å². The van der Waals surface area contributed by atoms with E-state index in [1.165, 1.54) is 10.5 Å². The summed E-state index contributed by atoms with van der Waals surface area (Å²) in [5.74, 6) is 0.345. The molecule has 1 spiro atoms. The number of nitrogens with zero attached hydrogens (tertiary/aromatic N) is 2. The average Bonchev–Trinajstić information content (AvgIpc) is 2.93. The fourth-order valence-electron chi connectivity index (χ4n) is 4.18. The molecule has 0 aliphatic carbocycles. The van der Waals surface area contributed by atoms with Crippen LogP contribution in [-0.4, -0.2) is 61.9 Å². The third-order valence-corrected chi connectivity index (χ3v) is 6.52. The van der Waals surface area contributed by atoms with E-state index in [4.69, 9.17) is 4.74 Å². The summed E-state index contributed by atoms with van der Waals surface area (Å²) in [6, 6.07) is 8.70. The minimum atomic E-state index is 0.222. The van der Waals surface area contributed by atoms with Crippen LogP contribution in [0.4, 0.5) is 0 Å². The number of hydrogen-bond acceptors (Lipinski definition) is 4. The molecule has 138 valence electrons. The molecule has 5 heteroatoms. The van der Waals surface area contributed by atoms with Crippen molar-refractivity contribution >= 4 is 17.7 Å². The molecule has 0 saturated carbocycles. The largest absolute Gasteiger partial charge is 0.385 e. The van der Waals surface area contributed by atoms with Gasteiger partial charge >= 0.3 is 0 Å². The van der Waals surface area contributed by atoms with E-state index in [-0.39, 0.29) is 5.41 Å². The van der Waals surface area contributed by atoms with Gasteiger partial charge in [-0.15, -0.1) is 11.8 Å². The lowest BCUT2D eigenvalue weighted by Crippen LogP contribution is -2.41. The van der Waals surface area contributed by atoms with Crippen LogP contribution in [0.15, 0.2) is 29.2 Å². The summed E-state index contributed by atoms with van der Waals surface area (Å²) in [4.78, 5) is 18.4. The molecule has 0 atom stereocenters. The minimum Gasteiger partial charge on any atom is -0.385 e. The van der Waals surface area contributed by atoms with E-state index >= 15 is 0 Å². The Labute approximate surface area is 155 Å². The normalized spacial score (nSPS) is 20.6. The second-order valence-corrected chi connectivity index (χ2v) is 8.27. The zero-order valence-electron chi connectivity index (χ0n) is 15.5. The molecule has 2 aliphatic rings. The quantitative estimate of drug-likeness (QED) is 0.551. The molecule has 1 aromatic rings. The molecule has 4 nitrogen and oxygen atoms in total. The number of ether oxygens (including phenoxy) is 1. The second kappa shape index (κ2) is 8.56. The molecule has 3 rings (SSSR count). The molecule has 0 radical (unpaired) electrons. The molecule has 25 heavy (non-hydrogen) atoms. The van der Waals surface area contributed by atoms with Gasteiger partial charge in [-0.3, -0.25) is 9.69 Å². The lowest BCUT2D eigenvalue weighted by Gasteiger charge is -2.39. The van der Waals surface area contributed by atoms with E-state index in [2.05, 4.69) is 40.3 Å². The number of methoxy groups -OCH3 is 1. The lowest BCUT2D eigenvalue weighted by molar-refractivity contribution is -0.128. The van der Waals surface area contributed by atoms with Crippen LogP contribution in [-0.2, 0) is 16.1 Å².